The summed E-state index contributed by atoms with van der Waals surface area (Å²) in [7, 11) is 0. The van der Waals surface area contributed by atoms with Crippen molar-refractivity contribution < 1.29 is 5.11 Å². The first-order valence-electron chi connectivity index (χ1n) is 4.11. The third kappa shape index (κ3) is 4.66. The Hall–Kier alpha value is -1.12. The van der Waals surface area contributed by atoms with Gasteiger partial charge in [0, 0.05) is 11.8 Å². The van der Waals surface area contributed by atoms with Gasteiger partial charge in [0.1, 0.15) is 5.82 Å². The minimum absolute atomic E-state index is 0.0417. The Balaban J connectivity index is 0.000000354. The maximum absolute atomic E-state index is 8.84. The first-order chi connectivity index (χ1) is 5.60. The van der Waals surface area contributed by atoms with Crippen molar-refractivity contribution in [3.63, 3.8) is 0 Å². The van der Waals surface area contributed by atoms with Gasteiger partial charge in [-0.3, -0.25) is 0 Å². The van der Waals surface area contributed by atoms with E-state index < -0.39 is 0 Å². The number of aryl methyl sites for hydroxylation is 2. The van der Waals surface area contributed by atoms with E-state index in [1.807, 2.05) is 6.92 Å². The molecule has 0 aliphatic carbocycles. The van der Waals surface area contributed by atoms with Gasteiger partial charge in [0.25, 0.3) is 0 Å². The lowest BCUT2D eigenvalue weighted by molar-refractivity contribution is 0.449. The van der Waals surface area contributed by atoms with Crippen LogP contribution in [-0.4, -0.2) is 15.1 Å². The van der Waals surface area contributed by atoms with Gasteiger partial charge in [0.2, 0.25) is 5.88 Å². The molecule has 0 saturated carbocycles. The van der Waals surface area contributed by atoms with Crippen LogP contribution in [0.3, 0.4) is 0 Å². The summed E-state index contributed by atoms with van der Waals surface area (Å²) in [6.45, 7) is 7.81. The van der Waals surface area contributed by atoms with Crippen LogP contribution in [0.1, 0.15) is 31.8 Å². The van der Waals surface area contributed by atoms with E-state index in [-0.39, 0.29) is 5.88 Å². The van der Waals surface area contributed by atoms with Gasteiger partial charge in [-0.05, 0) is 13.8 Å². The number of hydrogen-bond donors (Lipinski definition) is 1. The molecule has 12 heavy (non-hydrogen) atoms. The van der Waals surface area contributed by atoms with Gasteiger partial charge in [-0.1, -0.05) is 20.3 Å². The molecule has 0 aliphatic heterocycles. The van der Waals surface area contributed by atoms with Crippen LogP contribution in [0.2, 0.25) is 0 Å². The van der Waals surface area contributed by atoms with E-state index in [4.69, 9.17) is 5.11 Å². The summed E-state index contributed by atoms with van der Waals surface area (Å²) in [5, 5.41) is 8.84. The largest absolute Gasteiger partial charge is 0.493 e. The van der Waals surface area contributed by atoms with Crippen molar-refractivity contribution in [3.8, 4) is 5.88 Å². The molecule has 0 unspecified atom stereocenters. The summed E-state index contributed by atoms with van der Waals surface area (Å²) < 4.78 is 0. The van der Waals surface area contributed by atoms with Crippen LogP contribution in [0.15, 0.2) is 6.07 Å². The van der Waals surface area contributed by atoms with Gasteiger partial charge in [0.05, 0.1) is 0 Å². The molecule has 0 aromatic carbocycles. The molecule has 0 saturated heterocycles. The van der Waals surface area contributed by atoms with E-state index in [1.165, 1.54) is 12.5 Å². The van der Waals surface area contributed by atoms with Gasteiger partial charge in [-0.15, -0.1) is 0 Å². The molecule has 0 atom stereocenters. The summed E-state index contributed by atoms with van der Waals surface area (Å²) in [4.78, 5) is 7.64. The Morgan fingerprint density at radius 1 is 1.25 bits per heavy atom. The molecule has 3 nitrogen and oxygen atoms in total. The van der Waals surface area contributed by atoms with Crippen LogP contribution in [0, 0.1) is 13.8 Å². The molecule has 1 N–H and O–H groups in total. The van der Waals surface area contributed by atoms with Crippen LogP contribution in [0.25, 0.3) is 0 Å². The summed E-state index contributed by atoms with van der Waals surface area (Å²) in [6.07, 6.45) is 1.25. The van der Waals surface area contributed by atoms with Crippen molar-refractivity contribution in [2.75, 3.05) is 0 Å². The quantitative estimate of drug-likeness (QED) is 0.646. The van der Waals surface area contributed by atoms with E-state index in [2.05, 4.69) is 23.8 Å². The summed E-state index contributed by atoms with van der Waals surface area (Å²) in [6, 6.07) is 1.52. The lowest BCUT2D eigenvalue weighted by Gasteiger charge is -1.94. The van der Waals surface area contributed by atoms with E-state index in [9.17, 15) is 0 Å². The SMILES string of the molecule is CCC.Cc1cc(O)nc(C)n1. The molecule has 68 valence electrons. The van der Waals surface area contributed by atoms with Crippen LogP contribution < -0.4 is 0 Å². The highest BCUT2D eigenvalue weighted by Crippen LogP contribution is 2.04. The minimum atomic E-state index is 0.0417. The molecule has 3 heteroatoms. The Labute approximate surface area is 73.5 Å². The van der Waals surface area contributed by atoms with E-state index in [0.717, 1.165) is 5.69 Å². The van der Waals surface area contributed by atoms with Crippen LogP contribution >= 0.6 is 0 Å². The lowest BCUT2D eigenvalue weighted by Crippen LogP contribution is -1.88. The Bertz CT molecular complexity index is 185. The topological polar surface area (TPSA) is 46.0 Å². The molecular weight excluding hydrogens is 152 g/mol. The number of rotatable bonds is 0. The Morgan fingerprint density at radius 2 is 1.75 bits per heavy atom. The Kier molecular flexibility index (Phi) is 5.00. The molecule has 1 aromatic rings. The molecule has 0 bridgehead atoms. The average Bonchev–Trinajstić information content (AvgIpc) is 1.84. The fourth-order valence-electron chi connectivity index (χ4n) is 0.697. The fourth-order valence-corrected chi connectivity index (χ4v) is 0.697. The lowest BCUT2D eigenvalue weighted by atomic mass is 10.4. The number of aromatic hydroxyl groups is 1. The fraction of sp³-hybridized carbons (Fsp3) is 0.556. The van der Waals surface area contributed by atoms with E-state index >= 15 is 0 Å². The normalized spacial score (nSPS) is 8.67. The highest BCUT2D eigenvalue weighted by Gasteiger charge is 1.92. The first kappa shape index (κ1) is 10.9. The van der Waals surface area contributed by atoms with Crippen molar-refractivity contribution in [2.45, 2.75) is 34.1 Å². The number of aromatic nitrogens is 2. The molecule has 0 radical (unpaired) electrons. The second-order valence-corrected chi connectivity index (χ2v) is 2.62. The molecule has 1 aromatic heterocycles. The molecule has 0 spiro atoms. The predicted octanol–water partition coefficient (Wildman–Crippen LogP) is 2.22. The van der Waals surface area contributed by atoms with Gasteiger partial charge >= 0.3 is 0 Å². The first-order valence-corrected chi connectivity index (χ1v) is 4.11. The zero-order valence-corrected chi connectivity index (χ0v) is 8.13. The van der Waals surface area contributed by atoms with Gasteiger partial charge in [-0.25, -0.2) is 4.98 Å². The van der Waals surface area contributed by atoms with Crippen molar-refractivity contribution in [3.05, 3.63) is 17.6 Å². The molecule has 1 rings (SSSR count). The summed E-state index contributed by atoms with van der Waals surface area (Å²) >= 11 is 0. The van der Waals surface area contributed by atoms with Crippen LogP contribution in [-0.2, 0) is 0 Å². The zero-order valence-electron chi connectivity index (χ0n) is 8.13. The third-order valence-corrected chi connectivity index (χ3v) is 0.952. The molecule has 0 fully saturated rings. The third-order valence-electron chi connectivity index (χ3n) is 0.952. The summed E-state index contributed by atoms with van der Waals surface area (Å²) in [5.74, 6) is 0.646. The number of hydrogen-bond acceptors (Lipinski definition) is 3. The molecule has 0 aliphatic rings. The monoisotopic (exact) mass is 168 g/mol. The number of nitrogens with zero attached hydrogens (tertiary/aromatic N) is 2. The Morgan fingerprint density at radius 3 is 2.08 bits per heavy atom. The van der Waals surface area contributed by atoms with Gasteiger partial charge in [-0.2, -0.15) is 4.98 Å². The second kappa shape index (κ2) is 5.52. The molecule has 0 amide bonds. The van der Waals surface area contributed by atoms with Crippen molar-refractivity contribution in [1.29, 1.82) is 0 Å². The van der Waals surface area contributed by atoms with Crippen molar-refractivity contribution >= 4 is 0 Å². The highest BCUT2D eigenvalue weighted by atomic mass is 16.3. The van der Waals surface area contributed by atoms with Gasteiger partial charge < -0.3 is 5.11 Å². The second-order valence-electron chi connectivity index (χ2n) is 2.62. The average molecular weight is 168 g/mol. The zero-order chi connectivity index (χ0) is 9.56. The van der Waals surface area contributed by atoms with Crippen LogP contribution in [0.4, 0.5) is 0 Å². The maximum Gasteiger partial charge on any atom is 0.214 e. The predicted molar refractivity (Wildman–Crippen MR) is 49.1 cm³/mol. The standard InChI is InChI=1S/C6H8N2O.C3H8/c1-4-3-6(9)8-5(2)7-4;1-3-2/h3H,1-2H3,(H,7,8,9);3H2,1-2H3. The highest BCUT2D eigenvalue weighted by molar-refractivity contribution is 5.12. The molecule has 1 heterocycles. The van der Waals surface area contributed by atoms with Gasteiger partial charge in [0.15, 0.2) is 0 Å². The van der Waals surface area contributed by atoms with E-state index in [1.54, 1.807) is 6.92 Å². The molecular formula is C9H16N2O. The minimum Gasteiger partial charge on any atom is -0.493 e. The van der Waals surface area contributed by atoms with Crippen LogP contribution in [0.5, 0.6) is 5.88 Å². The smallest absolute Gasteiger partial charge is 0.214 e. The summed E-state index contributed by atoms with van der Waals surface area (Å²) in [5.41, 5.74) is 0.792. The maximum atomic E-state index is 8.84. The van der Waals surface area contributed by atoms with E-state index in [0.29, 0.717) is 5.82 Å². The van der Waals surface area contributed by atoms with Crippen molar-refractivity contribution in [2.24, 2.45) is 0 Å². The van der Waals surface area contributed by atoms with Crippen molar-refractivity contribution in [1.82, 2.24) is 9.97 Å².